The number of amides is 1. The van der Waals surface area contributed by atoms with Crippen molar-refractivity contribution < 1.29 is 14.3 Å². The lowest BCUT2D eigenvalue weighted by Gasteiger charge is -2.33. The fourth-order valence-corrected chi connectivity index (χ4v) is 3.76. The molecule has 27 heavy (non-hydrogen) atoms. The highest BCUT2D eigenvalue weighted by molar-refractivity contribution is 9.10. The number of anilines is 1. The molecule has 0 spiro atoms. The van der Waals surface area contributed by atoms with Crippen LogP contribution in [-0.4, -0.2) is 55.5 Å². The molecule has 0 aromatic rings. The number of hydrogen-bond acceptors (Lipinski definition) is 7. The Morgan fingerprint density at radius 2 is 2.07 bits per heavy atom. The number of hydrogen-bond donors (Lipinski definition) is 1. The highest BCUT2D eigenvalue weighted by Crippen LogP contribution is 2.27. The Hall–Kier alpha value is -2.23. The third-order valence-corrected chi connectivity index (χ3v) is 5.21. The minimum absolute atomic E-state index is 0.126. The molecule has 146 valence electrons. The summed E-state index contributed by atoms with van der Waals surface area (Å²) < 4.78 is 7.44. The Kier molecular flexibility index (Phi) is 5.93. The molecular weight excluding hydrogens is 416 g/mol. The molecule has 3 aliphatic rings. The summed E-state index contributed by atoms with van der Waals surface area (Å²) in [5.41, 5.74) is 6.46. The highest BCUT2D eigenvalue weighted by atomic mass is 79.9. The third-order valence-electron chi connectivity index (χ3n) is 4.86. The Morgan fingerprint density at radius 3 is 2.74 bits per heavy atom. The van der Waals surface area contributed by atoms with Crippen LogP contribution >= 0.6 is 15.9 Å². The molecule has 1 amide bonds. The zero-order valence-corrected chi connectivity index (χ0v) is 17.0. The van der Waals surface area contributed by atoms with Crippen LogP contribution in [0, 0.1) is 5.92 Å². The van der Waals surface area contributed by atoms with Gasteiger partial charge in [0.25, 0.3) is 5.91 Å². The van der Waals surface area contributed by atoms with Gasteiger partial charge in [0.2, 0.25) is 0 Å². The Morgan fingerprint density at radius 1 is 1.37 bits per heavy atom. The van der Waals surface area contributed by atoms with Gasteiger partial charge in [-0.1, -0.05) is 0 Å². The van der Waals surface area contributed by atoms with Crippen LogP contribution in [0.25, 0.3) is 11.5 Å². The molecule has 1 saturated heterocycles. The molecule has 9 nitrogen and oxygen atoms in total. The Balaban J connectivity index is 1.53. The van der Waals surface area contributed by atoms with Gasteiger partial charge in [-0.05, 0) is 48.0 Å². The molecule has 1 fully saturated rings. The summed E-state index contributed by atoms with van der Waals surface area (Å²) in [6, 6.07) is 0. The van der Waals surface area contributed by atoms with Gasteiger partial charge in [-0.3, -0.25) is 9.59 Å². The number of piperidine rings is 1. The molecule has 0 radical (unpaired) electrons. The first kappa shape index (κ1) is 19.5. The van der Waals surface area contributed by atoms with Crippen molar-refractivity contribution in [3.8, 4) is 11.5 Å². The lowest BCUT2D eigenvalue weighted by molar-refractivity contribution is -0.158. The molecule has 0 aromatic heterocycles. The summed E-state index contributed by atoms with van der Waals surface area (Å²) >= 11 is 3.28. The van der Waals surface area contributed by atoms with E-state index in [4.69, 9.17) is 10.5 Å². The second-order valence-corrected chi connectivity index (χ2v) is 7.51. The van der Waals surface area contributed by atoms with E-state index >= 15 is 0 Å². The van der Waals surface area contributed by atoms with Gasteiger partial charge < -0.3 is 19.9 Å². The van der Waals surface area contributed by atoms with Crippen LogP contribution in [0.4, 0.5) is 5.82 Å². The lowest BCUT2D eigenvalue weighted by Crippen LogP contribution is -2.44. The zero-order valence-electron chi connectivity index (χ0n) is 15.4. The predicted molar refractivity (Wildman–Crippen MR) is 102 cm³/mol. The molecular formula is C17H23BrN6O3. The number of nitrogens with two attached hydrogens (primary N) is 1. The highest BCUT2D eigenvalue weighted by Gasteiger charge is 2.27. The van der Waals surface area contributed by atoms with Crippen LogP contribution in [-0.2, 0) is 20.9 Å². The van der Waals surface area contributed by atoms with Crippen molar-refractivity contribution in [3.63, 3.8) is 0 Å². The fourth-order valence-electron chi connectivity index (χ4n) is 3.41. The number of imidazole rings is 1. The molecule has 3 rings (SSSR count). The van der Waals surface area contributed by atoms with E-state index in [1.54, 1.807) is 18.2 Å². The number of ether oxygens (including phenoxy) is 1. The first-order valence-electron chi connectivity index (χ1n) is 8.95. The predicted octanol–water partition coefficient (Wildman–Crippen LogP) is 1.70. The summed E-state index contributed by atoms with van der Waals surface area (Å²) in [5.74, 6) is 1.03. The monoisotopic (exact) mass is 438 g/mol. The minimum atomic E-state index is -0.724. The summed E-state index contributed by atoms with van der Waals surface area (Å²) in [6.45, 7) is 5.04. The van der Waals surface area contributed by atoms with Gasteiger partial charge in [0.15, 0.2) is 28.2 Å². The second-order valence-electron chi connectivity index (χ2n) is 6.80. The van der Waals surface area contributed by atoms with Crippen LogP contribution in [0.3, 0.4) is 0 Å². The van der Waals surface area contributed by atoms with Crippen LogP contribution in [0.15, 0.2) is 11.1 Å². The fraction of sp³-hybridized carbons (Fsp3) is 0.588. The molecule has 0 bridgehead atoms. The number of nitrogens with zero attached hydrogens (tertiary/aromatic N) is 5. The number of carbonyl (C=O) groups is 2. The summed E-state index contributed by atoms with van der Waals surface area (Å²) in [5, 5.41) is 0. The van der Waals surface area contributed by atoms with E-state index in [-0.39, 0.29) is 5.91 Å². The maximum Gasteiger partial charge on any atom is 0.303 e. The van der Waals surface area contributed by atoms with Crippen molar-refractivity contribution in [2.24, 2.45) is 5.92 Å². The average molecular weight is 439 g/mol. The van der Waals surface area contributed by atoms with Crippen molar-refractivity contribution in [1.82, 2.24) is 24.4 Å². The van der Waals surface area contributed by atoms with Crippen molar-refractivity contribution in [2.45, 2.75) is 45.8 Å². The van der Waals surface area contributed by atoms with Crippen LogP contribution < -0.4 is 5.73 Å². The number of rotatable bonds is 5. The van der Waals surface area contributed by atoms with Crippen molar-refractivity contribution in [3.05, 3.63) is 11.1 Å². The number of fused-ring (bicyclic) bond motifs is 1. The van der Waals surface area contributed by atoms with Gasteiger partial charge in [0.1, 0.15) is 0 Å². The molecule has 1 unspecified atom stereocenters. The van der Waals surface area contributed by atoms with Gasteiger partial charge in [0.05, 0.1) is 6.33 Å². The van der Waals surface area contributed by atoms with E-state index in [0.29, 0.717) is 35.3 Å². The first-order valence-corrected chi connectivity index (χ1v) is 9.74. The van der Waals surface area contributed by atoms with Crippen LogP contribution in [0.1, 0.15) is 33.1 Å². The maximum absolute atomic E-state index is 12.3. The number of aromatic nitrogens is 4. The van der Waals surface area contributed by atoms with Gasteiger partial charge in [-0.15, -0.1) is 0 Å². The topological polar surface area (TPSA) is 116 Å². The number of halogens is 1. The van der Waals surface area contributed by atoms with E-state index in [1.165, 1.54) is 6.92 Å². The number of carbonyl (C=O) groups excluding carboxylic acids is 2. The second kappa shape index (κ2) is 8.20. The summed E-state index contributed by atoms with van der Waals surface area (Å²) in [6.07, 6.45) is 3.76. The minimum Gasteiger partial charge on any atom is -0.453 e. The standard InChI is InChI=1S/C17H23BrN6O3/c1-10(27-11(2)25)16(26)23-6-3-12(4-7-23)5-8-24-9-20-14(19)13-15(24)22-17(18)21-13/h9-10,12H,3-8,19H2,1-2H3. The lowest BCUT2D eigenvalue weighted by atomic mass is 9.93. The first-order chi connectivity index (χ1) is 12.8. The van der Waals surface area contributed by atoms with Gasteiger partial charge in [-0.2, -0.15) is 0 Å². The molecule has 2 N–H and O–H groups in total. The largest absolute Gasteiger partial charge is 0.453 e. The van der Waals surface area contributed by atoms with E-state index in [2.05, 4.69) is 30.9 Å². The van der Waals surface area contributed by atoms with E-state index < -0.39 is 12.1 Å². The Bertz CT molecular complexity index is 802. The smallest absolute Gasteiger partial charge is 0.303 e. The third kappa shape index (κ3) is 4.55. The SMILES string of the molecule is CC(=O)OC(C)C(=O)N1CCC(CCn2cnc(N)c3nc(Br)nc2-3)CC1. The number of aryl methyl sites for hydroxylation is 1. The van der Waals surface area contributed by atoms with Gasteiger partial charge in [-0.25, -0.2) is 15.0 Å². The van der Waals surface area contributed by atoms with Crippen LogP contribution in [0.2, 0.25) is 0 Å². The molecule has 1 atom stereocenters. The van der Waals surface area contributed by atoms with Gasteiger partial charge in [0, 0.05) is 26.6 Å². The van der Waals surface area contributed by atoms with Gasteiger partial charge >= 0.3 is 5.97 Å². The average Bonchev–Trinajstić information content (AvgIpc) is 3.03. The van der Waals surface area contributed by atoms with Crippen molar-refractivity contribution in [2.75, 3.05) is 18.8 Å². The van der Waals surface area contributed by atoms with E-state index in [1.807, 2.05) is 4.57 Å². The molecule has 0 aromatic carbocycles. The normalized spacial score (nSPS) is 16.5. The summed E-state index contributed by atoms with van der Waals surface area (Å²) in [7, 11) is 0. The maximum atomic E-state index is 12.3. The number of esters is 1. The quantitative estimate of drug-likeness (QED) is 0.557. The molecule has 10 heteroatoms. The van der Waals surface area contributed by atoms with E-state index in [0.717, 1.165) is 31.6 Å². The molecule has 0 aliphatic carbocycles. The van der Waals surface area contributed by atoms with Crippen molar-refractivity contribution >= 4 is 33.6 Å². The molecule has 3 aliphatic heterocycles. The zero-order chi connectivity index (χ0) is 19.6. The Labute approximate surface area is 165 Å². The number of nitrogen functional groups attached to an aromatic ring is 1. The summed E-state index contributed by atoms with van der Waals surface area (Å²) in [4.78, 5) is 37.9. The van der Waals surface area contributed by atoms with Crippen molar-refractivity contribution in [1.29, 1.82) is 0 Å². The molecule has 0 saturated carbocycles. The van der Waals surface area contributed by atoms with E-state index in [9.17, 15) is 9.59 Å². The molecule has 3 heterocycles. The van der Waals surface area contributed by atoms with Crippen LogP contribution in [0.5, 0.6) is 0 Å². The number of likely N-dealkylation sites (tertiary alicyclic amines) is 1.